The molecule has 30 heavy (non-hydrogen) atoms. The van der Waals surface area contributed by atoms with E-state index >= 15 is 0 Å². The lowest BCUT2D eigenvalue weighted by molar-refractivity contribution is -0.128. The summed E-state index contributed by atoms with van der Waals surface area (Å²) in [5.74, 6) is 1.07. The van der Waals surface area contributed by atoms with Crippen LogP contribution in [0.4, 0.5) is 4.39 Å². The monoisotopic (exact) mass is 417 g/mol. The molecule has 0 aliphatic carbocycles. The van der Waals surface area contributed by atoms with Gasteiger partial charge in [-0.3, -0.25) is 9.69 Å². The molecule has 2 aliphatic heterocycles. The summed E-state index contributed by atoms with van der Waals surface area (Å²) in [5.41, 5.74) is 2.10. The van der Waals surface area contributed by atoms with Crippen LogP contribution in [-0.4, -0.2) is 60.8 Å². The molecular weight excluding hydrogens is 389 g/mol. The summed E-state index contributed by atoms with van der Waals surface area (Å²) in [7, 11) is 1.52. The van der Waals surface area contributed by atoms with Crippen LogP contribution in [0.25, 0.3) is 0 Å². The van der Waals surface area contributed by atoms with Gasteiger partial charge in [0.25, 0.3) is 0 Å². The van der Waals surface area contributed by atoms with Crippen LogP contribution in [-0.2, 0) is 22.6 Å². The molecule has 1 aromatic heterocycles. The third kappa shape index (κ3) is 4.20. The molecule has 2 fully saturated rings. The fourth-order valence-corrected chi connectivity index (χ4v) is 4.49. The summed E-state index contributed by atoms with van der Waals surface area (Å²) >= 11 is 0. The van der Waals surface area contributed by atoms with Gasteiger partial charge in [0, 0.05) is 55.2 Å². The summed E-state index contributed by atoms with van der Waals surface area (Å²) < 4.78 is 30.7. The number of methoxy groups -OCH3 is 1. The van der Waals surface area contributed by atoms with Crippen molar-refractivity contribution < 1.29 is 23.2 Å². The Kier molecular flexibility index (Phi) is 5.79. The Balaban J connectivity index is 1.48. The fourth-order valence-electron chi connectivity index (χ4n) is 4.49. The van der Waals surface area contributed by atoms with Crippen molar-refractivity contribution in [2.45, 2.75) is 33.4 Å². The average molecular weight is 417 g/mol. The van der Waals surface area contributed by atoms with Crippen LogP contribution >= 0.6 is 0 Å². The number of nitrogens with zero attached hydrogens (tertiary/aromatic N) is 3. The molecule has 8 heteroatoms. The lowest BCUT2D eigenvalue weighted by Gasteiger charge is -2.31. The zero-order valence-electron chi connectivity index (χ0n) is 17.7. The predicted molar refractivity (Wildman–Crippen MR) is 107 cm³/mol. The zero-order chi connectivity index (χ0) is 21.3. The van der Waals surface area contributed by atoms with Crippen LogP contribution in [0.1, 0.15) is 29.0 Å². The first-order chi connectivity index (χ1) is 14.4. The minimum absolute atomic E-state index is 0.107. The normalized spacial score (nSPS) is 22.7. The van der Waals surface area contributed by atoms with Gasteiger partial charge in [0.15, 0.2) is 0 Å². The van der Waals surface area contributed by atoms with Gasteiger partial charge in [-0.25, -0.2) is 4.39 Å². The van der Waals surface area contributed by atoms with E-state index in [0.29, 0.717) is 63.7 Å². The molecule has 1 spiro atoms. The molecule has 7 nitrogen and oxygen atoms in total. The maximum Gasteiger partial charge on any atom is 0.223 e. The minimum Gasteiger partial charge on any atom is -0.497 e. The number of halogens is 1. The molecule has 1 atom stereocenters. The van der Waals surface area contributed by atoms with E-state index in [1.54, 1.807) is 12.1 Å². The first kappa shape index (κ1) is 20.8. The number of carbonyl (C=O) groups excluding carboxylic acids is 1. The van der Waals surface area contributed by atoms with Crippen molar-refractivity contribution in [3.8, 4) is 5.75 Å². The van der Waals surface area contributed by atoms with Crippen molar-refractivity contribution in [1.82, 2.24) is 15.0 Å². The van der Waals surface area contributed by atoms with Crippen LogP contribution in [0.3, 0.4) is 0 Å². The molecule has 0 saturated carbocycles. The highest BCUT2D eigenvalue weighted by Gasteiger charge is 2.45. The molecule has 1 amide bonds. The number of rotatable bonds is 5. The van der Waals surface area contributed by atoms with Crippen molar-refractivity contribution in [1.29, 1.82) is 0 Å². The molecule has 0 N–H and O–H groups in total. The molecule has 2 saturated heterocycles. The standard InChI is InChI=1S/C22H28FN3O4/c1-15-19(16(2)30-24-15)11-26-13-22(9-21(26)27)12-25(6-7-29-14-22)10-17-4-5-18(28-3)8-20(17)23/h4-5,8H,6-7,9-14H2,1-3H3/t22-/m0/s1. The van der Waals surface area contributed by atoms with Crippen LogP contribution in [0.5, 0.6) is 5.75 Å². The summed E-state index contributed by atoms with van der Waals surface area (Å²) in [4.78, 5) is 16.9. The van der Waals surface area contributed by atoms with E-state index in [2.05, 4.69) is 10.1 Å². The molecule has 0 unspecified atom stereocenters. The Morgan fingerprint density at radius 2 is 2.10 bits per heavy atom. The SMILES string of the molecule is COc1ccc(CN2CCOC[C@@]3(CC(=O)N(Cc4c(C)noc4C)C3)C2)c(F)c1. The van der Waals surface area contributed by atoms with E-state index in [9.17, 15) is 9.18 Å². The third-order valence-corrected chi connectivity index (χ3v) is 6.11. The van der Waals surface area contributed by atoms with Gasteiger partial charge >= 0.3 is 0 Å². The second-order valence-electron chi connectivity index (χ2n) is 8.45. The quantitative estimate of drug-likeness (QED) is 0.745. The second-order valence-corrected chi connectivity index (χ2v) is 8.45. The first-order valence-corrected chi connectivity index (χ1v) is 10.2. The molecule has 1 aromatic carbocycles. The number of hydrogen-bond donors (Lipinski definition) is 0. The molecule has 0 bridgehead atoms. The number of amides is 1. The number of carbonyl (C=O) groups is 1. The third-order valence-electron chi connectivity index (χ3n) is 6.11. The smallest absolute Gasteiger partial charge is 0.223 e. The summed E-state index contributed by atoms with van der Waals surface area (Å²) in [6.07, 6.45) is 0.429. The van der Waals surface area contributed by atoms with Gasteiger partial charge in [0.2, 0.25) is 5.91 Å². The number of aromatic nitrogens is 1. The highest BCUT2D eigenvalue weighted by molar-refractivity contribution is 5.79. The first-order valence-electron chi connectivity index (χ1n) is 10.2. The number of benzene rings is 1. The lowest BCUT2D eigenvalue weighted by Crippen LogP contribution is -2.40. The van der Waals surface area contributed by atoms with Gasteiger partial charge < -0.3 is 18.9 Å². The topological polar surface area (TPSA) is 68.0 Å². The summed E-state index contributed by atoms with van der Waals surface area (Å²) in [6.45, 7) is 7.81. The molecule has 162 valence electrons. The van der Waals surface area contributed by atoms with Gasteiger partial charge in [-0.1, -0.05) is 11.2 Å². The van der Waals surface area contributed by atoms with Crippen LogP contribution < -0.4 is 4.74 Å². The van der Waals surface area contributed by atoms with E-state index in [1.165, 1.54) is 13.2 Å². The fraction of sp³-hybridized carbons (Fsp3) is 0.545. The van der Waals surface area contributed by atoms with Crippen molar-refractivity contribution in [2.24, 2.45) is 5.41 Å². The zero-order valence-corrected chi connectivity index (χ0v) is 17.7. The molecular formula is C22H28FN3O4. The Hall–Kier alpha value is -2.45. The molecule has 3 heterocycles. The van der Waals surface area contributed by atoms with Crippen molar-refractivity contribution in [3.05, 3.63) is 46.6 Å². The van der Waals surface area contributed by atoms with Gasteiger partial charge in [-0.15, -0.1) is 0 Å². The number of ether oxygens (including phenoxy) is 2. The second kappa shape index (κ2) is 8.35. The number of aryl methyl sites for hydroxylation is 2. The van der Waals surface area contributed by atoms with Crippen LogP contribution in [0.2, 0.25) is 0 Å². The maximum absolute atomic E-state index is 14.5. The van der Waals surface area contributed by atoms with E-state index < -0.39 is 0 Å². The van der Waals surface area contributed by atoms with Gasteiger partial charge in [0.05, 0.1) is 32.6 Å². The average Bonchev–Trinajstić information content (AvgIpc) is 3.10. The van der Waals surface area contributed by atoms with E-state index in [4.69, 9.17) is 14.0 Å². The van der Waals surface area contributed by atoms with Crippen molar-refractivity contribution in [2.75, 3.05) is 40.0 Å². The molecule has 2 aliphatic rings. The Labute approximate surface area is 175 Å². The summed E-state index contributed by atoms with van der Waals surface area (Å²) in [5, 5.41) is 3.99. The Morgan fingerprint density at radius 1 is 1.27 bits per heavy atom. The molecule has 4 rings (SSSR count). The van der Waals surface area contributed by atoms with Crippen molar-refractivity contribution in [3.63, 3.8) is 0 Å². The van der Waals surface area contributed by atoms with E-state index in [0.717, 1.165) is 17.0 Å². The largest absolute Gasteiger partial charge is 0.497 e. The van der Waals surface area contributed by atoms with E-state index in [-0.39, 0.29) is 17.1 Å². The van der Waals surface area contributed by atoms with Crippen LogP contribution in [0, 0.1) is 25.1 Å². The molecule has 0 radical (unpaired) electrons. The predicted octanol–water partition coefficient (Wildman–Crippen LogP) is 2.69. The van der Waals surface area contributed by atoms with Gasteiger partial charge in [-0.2, -0.15) is 0 Å². The highest BCUT2D eigenvalue weighted by Crippen LogP contribution is 2.36. The Morgan fingerprint density at radius 3 is 2.80 bits per heavy atom. The van der Waals surface area contributed by atoms with Gasteiger partial charge in [0.1, 0.15) is 17.3 Å². The van der Waals surface area contributed by atoms with Crippen LogP contribution in [0.15, 0.2) is 22.7 Å². The highest BCUT2D eigenvalue weighted by atomic mass is 19.1. The van der Waals surface area contributed by atoms with Gasteiger partial charge in [-0.05, 0) is 19.9 Å². The Bertz CT molecular complexity index is 912. The number of likely N-dealkylation sites (tertiary alicyclic amines) is 1. The van der Waals surface area contributed by atoms with Crippen molar-refractivity contribution >= 4 is 5.91 Å². The minimum atomic E-state index is -0.296. The number of hydrogen-bond acceptors (Lipinski definition) is 6. The maximum atomic E-state index is 14.5. The lowest BCUT2D eigenvalue weighted by atomic mass is 9.87. The molecule has 2 aromatic rings. The van der Waals surface area contributed by atoms with E-state index in [1.807, 2.05) is 18.7 Å². The summed E-state index contributed by atoms with van der Waals surface area (Å²) in [6, 6.07) is 4.94.